The Kier molecular flexibility index (Phi) is 3.95. The van der Waals surface area contributed by atoms with Gasteiger partial charge in [-0.3, -0.25) is 4.79 Å². The average Bonchev–Trinajstić information content (AvgIpc) is 2.72. The fourth-order valence-electron chi connectivity index (χ4n) is 2.69. The van der Waals surface area contributed by atoms with Crippen molar-refractivity contribution in [2.75, 3.05) is 0 Å². The van der Waals surface area contributed by atoms with Crippen molar-refractivity contribution in [3.63, 3.8) is 0 Å². The Labute approximate surface area is 103 Å². The van der Waals surface area contributed by atoms with Crippen LogP contribution in [0.2, 0.25) is 0 Å². The zero-order valence-electron chi connectivity index (χ0n) is 10.4. The molecule has 1 N–H and O–H groups in total. The molecule has 2 rings (SSSR count). The minimum absolute atomic E-state index is 0.181. The van der Waals surface area contributed by atoms with Crippen LogP contribution in [0.3, 0.4) is 0 Å². The minimum Gasteiger partial charge on any atom is -0.393 e. The molecule has 0 aromatic heterocycles. The van der Waals surface area contributed by atoms with Crippen LogP contribution in [0.1, 0.15) is 48.0 Å². The summed E-state index contributed by atoms with van der Waals surface area (Å²) >= 11 is 0. The van der Waals surface area contributed by atoms with E-state index in [1.54, 1.807) is 0 Å². The summed E-state index contributed by atoms with van der Waals surface area (Å²) in [7, 11) is 0. The topological polar surface area (TPSA) is 37.3 Å². The number of hydrogen-bond acceptors (Lipinski definition) is 2. The van der Waals surface area contributed by atoms with Crippen molar-refractivity contribution >= 4 is 5.78 Å². The van der Waals surface area contributed by atoms with Gasteiger partial charge in [0.2, 0.25) is 0 Å². The van der Waals surface area contributed by atoms with Crippen molar-refractivity contribution in [3.8, 4) is 0 Å². The van der Waals surface area contributed by atoms with Crippen molar-refractivity contribution in [1.82, 2.24) is 0 Å². The number of aliphatic hydroxyl groups is 1. The lowest BCUT2D eigenvalue weighted by molar-refractivity contribution is 0.0939. The van der Waals surface area contributed by atoms with Crippen LogP contribution < -0.4 is 0 Å². The maximum Gasteiger partial charge on any atom is 0.163 e. The van der Waals surface area contributed by atoms with Crippen molar-refractivity contribution in [1.29, 1.82) is 0 Å². The molecule has 0 heterocycles. The van der Waals surface area contributed by atoms with Gasteiger partial charge in [-0.25, -0.2) is 0 Å². The van der Waals surface area contributed by atoms with Gasteiger partial charge in [-0.05, 0) is 37.7 Å². The van der Waals surface area contributed by atoms with Crippen LogP contribution in [0.15, 0.2) is 24.3 Å². The molecule has 2 atom stereocenters. The highest BCUT2D eigenvalue weighted by molar-refractivity contribution is 5.97. The van der Waals surface area contributed by atoms with Crippen LogP contribution in [-0.2, 0) is 0 Å². The van der Waals surface area contributed by atoms with Gasteiger partial charge in [-0.2, -0.15) is 0 Å². The van der Waals surface area contributed by atoms with Crippen molar-refractivity contribution in [2.45, 2.75) is 45.1 Å². The van der Waals surface area contributed by atoms with E-state index < -0.39 is 0 Å². The maximum absolute atomic E-state index is 12.0. The monoisotopic (exact) mass is 232 g/mol. The molecule has 2 heteroatoms. The number of aliphatic hydroxyl groups excluding tert-OH is 1. The van der Waals surface area contributed by atoms with Crippen molar-refractivity contribution < 1.29 is 9.90 Å². The van der Waals surface area contributed by atoms with Crippen molar-refractivity contribution in [3.05, 3.63) is 35.4 Å². The van der Waals surface area contributed by atoms with Crippen LogP contribution in [0.4, 0.5) is 0 Å². The van der Waals surface area contributed by atoms with Gasteiger partial charge in [0, 0.05) is 12.0 Å². The first-order valence-electron chi connectivity index (χ1n) is 6.45. The van der Waals surface area contributed by atoms with Gasteiger partial charge in [0.1, 0.15) is 0 Å². The Morgan fingerprint density at radius 1 is 1.35 bits per heavy atom. The average molecular weight is 232 g/mol. The third-order valence-corrected chi connectivity index (χ3v) is 3.81. The molecule has 92 valence electrons. The Bertz CT molecular complexity index is 398. The summed E-state index contributed by atoms with van der Waals surface area (Å²) in [5.41, 5.74) is 1.88. The van der Waals surface area contributed by atoms with Gasteiger partial charge in [-0.1, -0.05) is 30.7 Å². The van der Waals surface area contributed by atoms with Crippen LogP contribution >= 0.6 is 0 Å². The SMILES string of the molecule is Cc1ccccc1C(=O)CCC1CCCC1O. The molecule has 1 aromatic rings. The van der Waals surface area contributed by atoms with E-state index in [9.17, 15) is 9.90 Å². The van der Waals surface area contributed by atoms with Gasteiger partial charge in [0.25, 0.3) is 0 Å². The molecule has 1 fully saturated rings. The molecule has 2 unspecified atom stereocenters. The number of carbonyl (C=O) groups excluding carboxylic acids is 1. The minimum atomic E-state index is -0.181. The summed E-state index contributed by atoms with van der Waals surface area (Å²) in [5.74, 6) is 0.546. The van der Waals surface area contributed by atoms with E-state index in [-0.39, 0.29) is 11.9 Å². The van der Waals surface area contributed by atoms with E-state index in [0.717, 1.165) is 36.8 Å². The first-order valence-corrected chi connectivity index (χ1v) is 6.45. The second-order valence-corrected chi connectivity index (χ2v) is 5.04. The first-order chi connectivity index (χ1) is 8.18. The molecule has 2 nitrogen and oxygen atoms in total. The quantitative estimate of drug-likeness (QED) is 0.810. The standard InChI is InChI=1S/C15H20O2/c1-11-5-2-3-7-13(11)15(17)10-9-12-6-4-8-14(12)16/h2-3,5,7,12,14,16H,4,6,8-10H2,1H3. The molecule has 0 saturated heterocycles. The number of hydrogen-bond donors (Lipinski definition) is 1. The molecule has 1 aliphatic rings. The van der Waals surface area contributed by atoms with Crippen LogP contribution in [-0.4, -0.2) is 17.0 Å². The number of benzene rings is 1. The summed E-state index contributed by atoms with van der Waals surface area (Å²) < 4.78 is 0. The lowest BCUT2D eigenvalue weighted by atomic mass is 9.94. The van der Waals surface area contributed by atoms with E-state index in [2.05, 4.69) is 0 Å². The van der Waals surface area contributed by atoms with E-state index in [1.807, 2.05) is 31.2 Å². The third-order valence-electron chi connectivity index (χ3n) is 3.81. The van der Waals surface area contributed by atoms with Gasteiger partial charge >= 0.3 is 0 Å². The molecule has 1 aliphatic carbocycles. The molecule has 17 heavy (non-hydrogen) atoms. The molecule has 0 radical (unpaired) electrons. The van der Waals surface area contributed by atoms with E-state index in [0.29, 0.717) is 12.3 Å². The van der Waals surface area contributed by atoms with Crippen LogP contribution in [0, 0.1) is 12.8 Å². The van der Waals surface area contributed by atoms with Crippen molar-refractivity contribution in [2.24, 2.45) is 5.92 Å². The normalized spacial score (nSPS) is 23.9. The number of Topliss-reactive ketones (excluding diaryl/α,β-unsaturated/α-hetero) is 1. The number of carbonyl (C=O) groups is 1. The van der Waals surface area contributed by atoms with Gasteiger partial charge in [-0.15, -0.1) is 0 Å². The van der Waals surface area contributed by atoms with Gasteiger partial charge in [0.05, 0.1) is 6.10 Å². The molecular formula is C15H20O2. The summed E-state index contributed by atoms with van der Waals surface area (Å²) in [6, 6.07) is 7.72. The molecule has 1 saturated carbocycles. The Morgan fingerprint density at radius 3 is 2.76 bits per heavy atom. The second-order valence-electron chi connectivity index (χ2n) is 5.04. The highest BCUT2D eigenvalue weighted by Crippen LogP contribution is 2.29. The highest BCUT2D eigenvalue weighted by Gasteiger charge is 2.25. The third kappa shape index (κ3) is 2.95. The molecule has 1 aromatic carbocycles. The van der Waals surface area contributed by atoms with E-state index in [1.165, 1.54) is 0 Å². The van der Waals surface area contributed by atoms with Gasteiger partial charge in [0.15, 0.2) is 5.78 Å². The largest absolute Gasteiger partial charge is 0.393 e. The predicted octanol–water partition coefficient (Wildman–Crippen LogP) is 3.12. The zero-order chi connectivity index (χ0) is 12.3. The summed E-state index contributed by atoms with van der Waals surface area (Å²) in [6.07, 6.45) is 4.29. The fraction of sp³-hybridized carbons (Fsp3) is 0.533. The summed E-state index contributed by atoms with van der Waals surface area (Å²) in [4.78, 5) is 12.0. The summed E-state index contributed by atoms with van der Waals surface area (Å²) in [6.45, 7) is 1.97. The number of rotatable bonds is 4. The number of ketones is 1. The van der Waals surface area contributed by atoms with Crippen LogP contribution in [0.25, 0.3) is 0 Å². The highest BCUT2D eigenvalue weighted by atomic mass is 16.3. The smallest absolute Gasteiger partial charge is 0.163 e. The van der Waals surface area contributed by atoms with E-state index >= 15 is 0 Å². The number of aryl methyl sites for hydroxylation is 1. The predicted molar refractivity (Wildman–Crippen MR) is 68.1 cm³/mol. The fourth-order valence-corrected chi connectivity index (χ4v) is 2.69. The Hall–Kier alpha value is -1.15. The zero-order valence-corrected chi connectivity index (χ0v) is 10.4. The molecule has 0 amide bonds. The second kappa shape index (κ2) is 5.46. The Morgan fingerprint density at radius 2 is 2.12 bits per heavy atom. The maximum atomic E-state index is 12.0. The lowest BCUT2D eigenvalue weighted by Crippen LogP contribution is -2.14. The molecule has 0 aliphatic heterocycles. The first kappa shape index (κ1) is 12.3. The molecule has 0 spiro atoms. The van der Waals surface area contributed by atoms with Gasteiger partial charge < -0.3 is 5.11 Å². The Balaban J connectivity index is 1.91. The molecular weight excluding hydrogens is 212 g/mol. The van der Waals surface area contributed by atoms with E-state index in [4.69, 9.17) is 0 Å². The lowest BCUT2D eigenvalue weighted by Gasteiger charge is -2.13. The molecule has 0 bridgehead atoms. The van der Waals surface area contributed by atoms with Crippen LogP contribution in [0.5, 0.6) is 0 Å². The summed E-state index contributed by atoms with van der Waals surface area (Å²) in [5, 5.41) is 9.72.